The molecule has 1 fully saturated rings. The number of ether oxygens (including phenoxy) is 1. The van der Waals surface area contributed by atoms with Crippen LogP contribution in [-0.2, 0) is 21.6 Å². The van der Waals surface area contributed by atoms with E-state index in [9.17, 15) is 9.18 Å². The monoisotopic (exact) mass is 599 g/mol. The van der Waals surface area contributed by atoms with Gasteiger partial charge in [-0.3, -0.25) is 0 Å². The Labute approximate surface area is 239 Å². The second-order valence-corrected chi connectivity index (χ2v) is 17.1. The van der Waals surface area contributed by atoms with Crippen LogP contribution in [0.2, 0.25) is 23.2 Å². The normalized spacial score (nSPS) is 18.7. The van der Waals surface area contributed by atoms with E-state index in [1.807, 2.05) is 0 Å². The van der Waals surface area contributed by atoms with Crippen molar-refractivity contribution >= 4 is 31.9 Å². The highest BCUT2D eigenvalue weighted by Crippen LogP contribution is 2.38. The molecule has 1 atom stereocenters. The lowest BCUT2D eigenvalue weighted by atomic mass is 10.0. The van der Waals surface area contributed by atoms with Crippen LogP contribution in [0.25, 0.3) is 0 Å². The molecule has 0 unspecified atom stereocenters. The quantitative estimate of drug-likeness (QED) is 0.366. The van der Waals surface area contributed by atoms with Crippen LogP contribution in [0, 0.1) is 5.82 Å². The number of nitrogens with zero attached hydrogens (tertiary/aromatic N) is 3. The number of amides is 2. The van der Waals surface area contributed by atoms with Crippen LogP contribution in [0.4, 0.5) is 23.9 Å². The van der Waals surface area contributed by atoms with Gasteiger partial charge in [0, 0.05) is 25.5 Å². The molecule has 8 nitrogen and oxygen atoms in total. The molecule has 4 rings (SSSR count). The maximum absolute atomic E-state index is 15.2. The fourth-order valence-electron chi connectivity index (χ4n) is 4.34. The molecule has 3 heterocycles. The summed E-state index contributed by atoms with van der Waals surface area (Å²) in [4.78, 5) is 22.9. The van der Waals surface area contributed by atoms with E-state index in [0.717, 1.165) is 23.9 Å². The minimum Gasteiger partial charge on any atom is -0.414 e. The molecule has 1 aromatic carbocycles. The average Bonchev–Trinajstić information content (AvgIpc) is 2.87. The lowest BCUT2D eigenvalue weighted by Gasteiger charge is -2.38. The van der Waals surface area contributed by atoms with Gasteiger partial charge in [0.05, 0.1) is 42.0 Å². The SMILES string of the molecule is CC(C)(C)[Si](C)(C)OC[C@@H](NC(=O)N1Cc2nc(NC3CCOCC3)ncc2C(F)(F)C1)c1ccc(F)c(Cl)c1. The molecule has 2 N–H and O–H groups in total. The van der Waals surface area contributed by atoms with Crippen molar-refractivity contribution in [3.63, 3.8) is 0 Å². The number of urea groups is 1. The van der Waals surface area contributed by atoms with E-state index in [2.05, 4.69) is 54.5 Å². The number of fused-ring (bicyclic) bond motifs is 1. The van der Waals surface area contributed by atoms with Crippen molar-refractivity contribution in [3.05, 3.63) is 52.1 Å². The summed E-state index contributed by atoms with van der Waals surface area (Å²) >= 11 is 6.03. The summed E-state index contributed by atoms with van der Waals surface area (Å²) in [7, 11) is -2.23. The Hall–Kier alpha value is -2.41. The molecule has 1 aromatic heterocycles. The lowest BCUT2D eigenvalue weighted by Crippen LogP contribution is -2.50. The van der Waals surface area contributed by atoms with Gasteiger partial charge in [0.1, 0.15) is 5.82 Å². The van der Waals surface area contributed by atoms with Crippen molar-refractivity contribution in [2.24, 2.45) is 0 Å². The third kappa shape index (κ3) is 7.07. The first-order valence-corrected chi connectivity index (χ1v) is 16.7. The molecule has 0 bridgehead atoms. The predicted octanol–water partition coefficient (Wildman–Crippen LogP) is 6.24. The number of anilines is 1. The summed E-state index contributed by atoms with van der Waals surface area (Å²) in [6, 6.07) is 2.75. The molecule has 2 amide bonds. The van der Waals surface area contributed by atoms with Crippen LogP contribution in [0.1, 0.15) is 56.5 Å². The Bertz CT molecular complexity index is 1220. The molecule has 0 spiro atoms. The maximum Gasteiger partial charge on any atom is 0.318 e. The molecule has 2 aromatic rings. The van der Waals surface area contributed by atoms with Crippen molar-refractivity contribution in [3.8, 4) is 0 Å². The minimum atomic E-state index is -3.34. The Morgan fingerprint density at radius 3 is 2.65 bits per heavy atom. The van der Waals surface area contributed by atoms with Gasteiger partial charge in [-0.2, -0.15) is 8.78 Å². The van der Waals surface area contributed by atoms with Crippen molar-refractivity contribution in [2.75, 3.05) is 31.7 Å². The molecular weight excluding hydrogens is 563 g/mol. The van der Waals surface area contributed by atoms with Crippen LogP contribution in [0.15, 0.2) is 24.4 Å². The molecule has 0 aliphatic carbocycles. The molecule has 13 heteroatoms. The zero-order chi connectivity index (χ0) is 29.3. The standard InChI is InChI=1S/C27H37ClF3N5O3Si/c1-26(2,3)40(4,5)39-15-23(17-6-7-21(29)20(28)12-17)35-25(37)36-14-22-19(27(30,31)16-36)13-32-24(34-22)33-18-8-10-38-11-9-18/h6-7,12-13,18,23H,8-11,14-16H2,1-5H3,(H,35,37)(H,32,33,34)/t23-/m1/s1. The van der Waals surface area contributed by atoms with E-state index in [1.54, 1.807) is 0 Å². The molecule has 1 saturated heterocycles. The molecule has 2 aliphatic heterocycles. The summed E-state index contributed by atoms with van der Waals surface area (Å²) in [6.07, 6.45) is 2.66. The van der Waals surface area contributed by atoms with Crippen LogP contribution < -0.4 is 10.6 Å². The van der Waals surface area contributed by atoms with Crippen LogP contribution in [-0.4, -0.2) is 61.6 Å². The Kier molecular flexibility index (Phi) is 9.03. The number of hydrogen-bond acceptors (Lipinski definition) is 6. The fraction of sp³-hybridized carbons (Fsp3) is 0.593. The maximum atomic E-state index is 15.2. The zero-order valence-electron chi connectivity index (χ0n) is 23.5. The summed E-state index contributed by atoms with van der Waals surface area (Å²) in [5.41, 5.74) is 0.292. The van der Waals surface area contributed by atoms with Gasteiger partial charge in [-0.25, -0.2) is 19.2 Å². The van der Waals surface area contributed by atoms with Gasteiger partial charge in [-0.15, -0.1) is 0 Å². The van der Waals surface area contributed by atoms with E-state index < -0.39 is 38.7 Å². The molecule has 40 heavy (non-hydrogen) atoms. The third-order valence-electron chi connectivity index (χ3n) is 7.89. The van der Waals surface area contributed by atoms with Gasteiger partial charge in [0.15, 0.2) is 8.32 Å². The zero-order valence-corrected chi connectivity index (χ0v) is 25.2. The second-order valence-electron chi connectivity index (χ2n) is 11.9. The largest absolute Gasteiger partial charge is 0.414 e. The smallest absolute Gasteiger partial charge is 0.318 e. The van der Waals surface area contributed by atoms with Gasteiger partial charge in [-0.05, 0) is 48.7 Å². The fourth-order valence-corrected chi connectivity index (χ4v) is 5.55. The topological polar surface area (TPSA) is 88.6 Å². The molecule has 0 saturated carbocycles. The number of hydrogen-bond donors (Lipinski definition) is 2. The van der Waals surface area contributed by atoms with Gasteiger partial charge >= 0.3 is 6.03 Å². The van der Waals surface area contributed by atoms with Gasteiger partial charge < -0.3 is 24.7 Å². The van der Waals surface area contributed by atoms with Crippen molar-refractivity contribution in [1.82, 2.24) is 20.2 Å². The first kappa shape index (κ1) is 30.5. The molecule has 2 aliphatic rings. The summed E-state index contributed by atoms with van der Waals surface area (Å²) in [6.45, 7) is 10.7. The highest BCUT2D eigenvalue weighted by atomic mass is 35.5. The third-order valence-corrected chi connectivity index (χ3v) is 12.7. The van der Waals surface area contributed by atoms with E-state index in [-0.39, 0.29) is 46.5 Å². The number of carbonyl (C=O) groups excluding carboxylic acids is 1. The summed E-state index contributed by atoms with van der Waals surface area (Å²) in [5.74, 6) is -3.70. The number of alkyl halides is 2. The number of rotatable bonds is 7. The predicted molar refractivity (Wildman–Crippen MR) is 150 cm³/mol. The van der Waals surface area contributed by atoms with Gasteiger partial charge in [-0.1, -0.05) is 38.4 Å². The molecular formula is C27H37ClF3N5O3Si. The van der Waals surface area contributed by atoms with Crippen molar-refractivity contribution < 1.29 is 27.1 Å². The molecule has 220 valence electrons. The summed E-state index contributed by atoms with van der Waals surface area (Å²) in [5, 5.41) is 5.80. The average molecular weight is 600 g/mol. The van der Waals surface area contributed by atoms with E-state index >= 15 is 8.78 Å². The Morgan fingerprint density at radius 1 is 1.30 bits per heavy atom. The first-order valence-electron chi connectivity index (χ1n) is 13.4. The number of carbonyl (C=O) groups is 1. The minimum absolute atomic E-state index is 0.0757. The van der Waals surface area contributed by atoms with E-state index in [0.29, 0.717) is 18.8 Å². The van der Waals surface area contributed by atoms with Crippen molar-refractivity contribution in [2.45, 2.75) is 76.3 Å². The Morgan fingerprint density at radius 2 is 2.00 bits per heavy atom. The highest BCUT2D eigenvalue weighted by Gasteiger charge is 2.44. The number of nitrogens with one attached hydrogen (secondary N) is 2. The number of benzene rings is 1. The van der Waals surface area contributed by atoms with Gasteiger partial charge in [0.25, 0.3) is 5.92 Å². The van der Waals surface area contributed by atoms with Crippen LogP contribution >= 0.6 is 11.6 Å². The van der Waals surface area contributed by atoms with Crippen LogP contribution in [0.3, 0.4) is 0 Å². The lowest BCUT2D eigenvalue weighted by molar-refractivity contribution is -0.0426. The van der Waals surface area contributed by atoms with Gasteiger partial charge in [0.2, 0.25) is 5.95 Å². The van der Waals surface area contributed by atoms with Crippen molar-refractivity contribution in [1.29, 1.82) is 0 Å². The highest BCUT2D eigenvalue weighted by molar-refractivity contribution is 6.74. The van der Waals surface area contributed by atoms with E-state index in [4.69, 9.17) is 20.8 Å². The molecule has 0 radical (unpaired) electrons. The Balaban J connectivity index is 1.54. The number of halogens is 4. The van der Waals surface area contributed by atoms with Crippen LogP contribution in [0.5, 0.6) is 0 Å². The second kappa shape index (κ2) is 11.8. The first-order chi connectivity index (χ1) is 18.7. The van der Waals surface area contributed by atoms with E-state index in [1.165, 1.54) is 18.2 Å². The summed E-state index contributed by atoms with van der Waals surface area (Å²) < 4.78 is 55.9. The number of aromatic nitrogens is 2.